The molecular formula is C20H21NO. The maximum atomic E-state index is 11.5. The van der Waals surface area contributed by atoms with E-state index in [9.17, 15) is 4.79 Å². The molecular weight excluding hydrogens is 270 g/mol. The van der Waals surface area contributed by atoms with E-state index >= 15 is 0 Å². The molecule has 2 aromatic carbocycles. The Morgan fingerprint density at radius 3 is 1.73 bits per heavy atom. The molecule has 2 aromatic rings. The van der Waals surface area contributed by atoms with Crippen molar-refractivity contribution < 1.29 is 4.79 Å². The van der Waals surface area contributed by atoms with Gasteiger partial charge in [-0.15, -0.1) is 0 Å². The Labute approximate surface area is 132 Å². The van der Waals surface area contributed by atoms with Crippen LogP contribution in [0.25, 0.3) is 0 Å². The first-order valence-corrected chi connectivity index (χ1v) is 7.35. The van der Waals surface area contributed by atoms with Crippen LogP contribution in [0.4, 0.5) is 0 Å². The highest BCUT2D eigenvalue weighted by molar-refractivity contribution is 5.94. The summed E-state index contributed by atoms with van der Waals surface area (Å²) in [6.45, 7) is 6.59. The van der Waals surface area contributed by atoms with Crippen molar-refractivity contribution in [1.29, 1.82) is 0 Å². The topological polar surface area (TPSA) is 29.1 Å². The van der Waals surface area contributed by atoms with Gasteiger partial charge in [0, 0.05) is 23.7 Å². The number of hydrogen-bond acceptors (Lipinski definition) is 1. The van der Waals surface area contributed by atoms with Gasteiger partial charge in [0.25, 0.3) is 5.91 Å². The summed E-state index contributed by atoms with van der Waals surface area (Å²) < 4.78 is 0. The van der Waals surface area contributed by atoms with Gasteiger partial charge in [0.1, 0.15) is 0 Å². The van der Waals surface area contributed by atoms with Crippen molar-refractivity contribution in [2.75, 3.05) is 7.05 Å². The predicted octanol–water partition coefficient (Wildman–Crippen LogP) is 3.74. The maximum absolute atomic E-state index is 11.5. The van der Waals surface area contributed by atoms with Crippen molar-refractivity contribution in [3.63, 3.8) is 0 Å². The highest BCUT2D eigenvalue weighted by Crippen LogP contribution is 2.21. The van der Waals surface area contributed by atoms with Crippen LogP contribution in [0.15, 0.2) is 48.5 Å². The van der Waals surface area contributed by atoms with Gasteiger partial charge >= 0.3 is 0 Å². The van der Waals surface area contributed by atoms with Gasteiger partial charge in [-0.05, 0) is 47.4 Å². The smallest absolute Gasteiger partial charge is 0.251 e. The van der Waals surface area contributed by atoms with Crippen LogP contribution < -0.4 is 5.32 Å². The summed E-state index contributed by atoms with van der Waals surface area (Å²) in [5.74, 6) is 6.19. The van der Waals surface area contributed by atoms with Crippen molar-refractivity contribution in [3.8, 4) is 11.8 Å². The van der Waals surface area contributed by atoms with Gasteiger partial charge in [-0.25, -0.2) is 0 Å². The van der Waals surface area contributed by atoms with Crippen molar-refractivity contribution >= 4 is 5.91 Å². The van der Waals surface area contributed by atoms with Crippen LogP contribution in [-0.2, 0) is 5.41 Å². The number of carbonyl (C=O) groups excluding carboxylic acids is 1. The standard InChI is InChI=1S/C20H21NO/c1-20(2,3)18-13-9-16(10-14-18)6-5-15-7-11-17(12-8-15)19(22)21-4/h7-14H,1-4H3,(H,21,22). The molecule has 0 heterocycles. The summed E-state index contributed by atoms with van der Waals surface area (Å²) in [6.07, 6.45) is 0. The normalized spacial score (nSPS) is 10.5. The molecule has 2 rings (SSSR count). The lowest BCUT2D eigenvalue weighted by Crippen LogP contribution is -2.17. The number of amides is 1. The second kappa shape index (κ2) is 6.49. The van der Waals surface area contributed by atoms with Gasteiger partial charge in [0.2, 0.25) is 0 Å². The van der Waals surface area contributed by atoms with Gasteiger partial charge in [0.05, 0.1) is 0 Å². The van der Waals surface area contributed by atoms with E-state index in [-0.39, 0.29) is 11.3 Å². The average Bonchev–Trinajstić information content (AvgIpc) is 2.52. The summed E-state index contributed by atoms with van der Waals surface area (Å²) in [7, 11) is 1.62. The highest BCUT2D eigenvalue weighted by atomic mass is 16.1. The van der Waals surface area contributed by atoms with E-state index in [1.807, 2.05) is 24.3 Å². The summed E-state index contributed by atoms with van der Waals surface area (Å²) in [4.78, 5) is 11.5. The van der Waals surface area contributed by atoms with Gasteiger partial charge in [-0.3, -0.25) is 4.79 Å². The fourth-order valence-corrected chi connectivity index (χ4v) is 2.05. The molecule has 0 spiro atoms. The molecule has 0 bridgehead atoms. The first-order chi connectivity index (χ1) is 10.4. The third kappa shape index (κ3) is 3.99. The fourth-order valence-electron chi connectivity index (χ4n) is 2.05. The zero-order chi connectivity index (χ0) is 16.2. The molecule has 1 amide bonds. The Kier molecular flexibility index (Phi) is 4.68. The molecule has 112 valence electrons. The minimum atomic E-state index is -0.0859. The Morgan fingerprint density at radius 2 is 1.32 bits per heavy atom. The molecule has 0 fully saturated rings. The lowest BCUT2D eigenvalue weighted by Gasteiger charge is -2.18. The summed E-state index contributed by atoms with van der Waals surface area (Å²) in [5.41, 5.74) is 3.98. The van der Waals surface area contributed by atoms with Gasteiger partial charge in [-0.2, -0.15) is 0 Å². The number of rotatable bonds is 1. The Bertz CT molecular complexity index is 708. The molecule has 0 saturated carbocycles. The third-order valence-electron chi connectivity index (χ3n) is 3.48. The third-order valence-corrected chi connectivity index (χ3v) is 3.48. The SMILES string of the molecule is CNC(=O)c1ccc(C#Cc2ccc(C(C)(C)C)cc2)cc1. The number of carbonyl (C=O) groups is 1. The number of benzene rings is 2. The lowest BCUT2D eigenvalue weighted by molar-refractivity contribution is 0.0963. The molecule has 22 heavy (non-hydrogen) atoms. The number of nitrogens with one attached hydrogen (secondary N) is 1. The van der Waals surface area contributed by atoms with Crippen LogP contribution in [0.3, 0.4) is 0 Å². The van der Waals surface area contributed by atoms with Crippen LogP contribution in [0.1, 0.15) is 47.8 Å². The largest absolute Gasteiger partial charge is 0.355 e. The molecule has 0 unspecified atom stereocenters. The van der Waals surface area contributed by atoms with Gasteiger partial charge in [0.15, 0.2) is 0 Å². The van der Waals surface area contributed by atoms with Crippen LogP contribution in [-0.4, -0.2) is 13.0 Å². The summed E-state index contributed by atoms with van der Waals surface area (Å²) >= 11 is 0. The van der Waals surface area contributed by atoms with Crippen molar-refractivity contribution in [2.45, 2.75) is 26.2 Å². The summed E-state index contributed by atoms with van der Waals surface area (Å²) in [5, 5.41) is 2.60. The first kappa shape index (κ1) is 15.9. The quantitative estimate of drug-likeness (QED) is 0.797. The molecule has 2 heteroatoms. The second-order valence-electron chi connectivity index (χ2n) is 6.23. The van der Waals surface area contributed by atoms with E-state index in [0.29, 0.717) is 5.56 Å². The molecule has 0 saturated heterocycles. The Balaban J connectivity index is 2.15. The molecule has 0 atom stereocenters. The predicted molar refractivity (Wildman–Crippen MR) is 91.0 cm³/mol. The molecule has 0 aliphatic rings. The molecule has 1 N–H and O–H groups in total. The zero-order valence-corrected chi connectivity index (χ0v) is 13.5. The van der Waals surface area contributed by atoms with Gasteiger partial charge < -0.3 is 5.32 Å². The molecule has 0 aliphatic carbocycles. The first-order valence-electron chi connectivity index (χ1n) is 7.35. The molecule has 0 aliphatic heterocycles. The van der Waals surface area contributed by atoms with E-state index in [1.54, 1.807) is 19.2 Å². The molecule has 0 aromatic heterocycles. The second-order valence-corrected chi connectivity index (χ2v) is 6.23. The van der Waals surface area contributed by atoms with Gasteiger partial charge in [-0.1, -0.05) is 44.7 Å². The zero-order valence-electron chi connectivity index (χ0n) is 13.5. The molecule has 0 radical (unpaired) electrons. The van der Waals surface area contributed by atoms with Crippen LogP contribution >= 0.6 is 0 Å². The van der Waals surface area contributed by atoms with E-state index in [2.05, 4.69) is 50.1 Å². The van der Waals surface area contributed by atoms with Crippen molar-refractivity contribution in [3.05, 3.63) is 70.8 Å². The highest BCUT2D eigenvalue weighted by Gasteiger charge is 2.12. The monoisotopic (exact) mass is 291 g/mol. The fraction of sp³-hybridized carbons (Fsp3) is 0.250. The van der Waals surface area contributed by atoms with Crippen LogP contribution in [0.2, 0.25) is 0 Å². The summed E-state index contributed by atoms with van der Waals surface area (Å²) in [6, 6.07) is 15.6. The Hall–Kier alpha value is -2.53. The minimum Gasteiger partial charge on any atom is -0.355 e. The van der Waals surface area contributed by atoms with Crippen LogP contribution in [0.5, 0.6) is 0 Å². The van der Waals surface area contributed by atoms with E-state index in [1.165, 1.54) is 5.56 Å². The number of hydrogen-bond donors (Lipinski definition) is 1. The maximum Gasteiger partial charge on any atom is 0.251 e. The minimum absolute atomic E-state index is 0.0859. The van der Waals surface area contributed by atoms with Crippen molar-refractivity contribution in [1.82, 2.24) is 5.32 Å². The molecule has 2 nitrogen and oxygen atoms in total. The average molecular weight is 291 g/mol. The lowest BCUT2D eigenvalue weighted by atomic mass is 9.87. The van der Waals surface area contributed by atoms with Crippen LogP contribution in [0, 0.1) is 11.8 Å². The van der Waals surface area contributed by atoms with E-state index in [4.69, 9.17) is 0 Å². The van der Waals surface area contributed by atoms with Crippen molar-refractivity contribution in [2.24, 2.45) is 0 Å². The van der Waals surface area contributed by atoms with E-state index in [0.717, 1.165) is 11.1 Å². The Morgan fingerprint density at radius 1 is 0.864 bits per heavy atom. The van der Waals surface area contributed by atoms with E-state index < -0.39 is 0 Å².